The highest BCUT2D eigenvalue weighted by atomic mass is 35.5. The third-order valence-electron chi connectivity index (χ3n) is 6.55. The van der Waals surface area contributed by atoms with E-state index in [2.05, 4.69) is 6.07 Å². The Hall–Kier alpha value is -3.57. The molecule has 0 aliphatic carbocycles. The van der Waals surface area contributed by atoms with Gasteiger partial charge in [-0.15, -0.1) is 0 Å². The van der Waals surface area contributed by atoms with Crippen LogP contribution in [0.5, 0.6) is 5.75 Å². The van der Waals surface area contributed by atoms with Gasteiger partial charge < -0.3 is 14.2 Å². The molecule has 0 spiro atoms. The predicted octanol–water partition coefficient (Wildman–Crippen LogP) is 5.24. The van der Waals surface area contributed by atoms with E-state index in [1.165, 1.54) is 0 Å². The molecule has 166 valence electrons. The molecule has 4 rings (SSSR count). The molecule has 2 heterocycles. The number of benzene rings is 2. The molecule has 2 aromatic carbocycles. The lowest BCUT2D eigenvalue weighted by atomic mass is 9.53. The second-order valence-electron chi connectivity index (χ2n) is 8.20. The Morgan fingerprint density at radius 3 is 2.36 bits per heavy atom. The lowest BCUT2D eigenvalue weighted by Crippen LogP contribution is -2.57. The van der Waals surface area contributed by atoms with Crippen LogP contribution < -0.4 is 4.74 Å². The van der Waals surface area contributed by atoms with Gasteiger partial charge in [0.15, 0.2) is 5.41 Å². The van der Waals surface area contributed by atoms with E-state index in [-0.39, 0.29) is 0 Å². The summed E-state index contributed by atoms with van der Waals surface area (Å²) in [4.78, 5) is 0. The van der Waals surface area contributed by atoms with E-state index in [4.69, 9.17) is 31.2 Å². The monoisotopic (exact) mass is 460 g/mol. The van der Waals surface area contributed by atoms with Gasteiger partial charge in [0.05, 0.1) is 30.7 Å². The number of halogens is 1. The Morgan fingerprint density at radius 1 is 1.09 bits per heavy atom. The fourth-order valence-electron chi connectivity index (χ4n) is 4.83. The smallest absolute Gasteiger partial charge is 0.244 e. The molecule has 2 saturated heterocycles. The summed E-state index contributed by atoms with van der Waals surface area (Å²) in [6.45, 7) is 4.21. The zero-order valence-corrected chi connectivity index (χ0v) is 18.9. The van der Waals surface area contributed by atoms with Crippen molar-refractivity contribution in [1.29, 1.82) is 21.2 Å². The maximum atomic E-state index is 10.4. The molecular formula is C25H21ClN4O3. The summed E-state index contributed by atoms with van der Waals surface area (Å²) in [7, 11) is 0. The first-order valence-electron chi connectivity index (χ1n) is 10.5. The van der Waals surface area contributed by atoms with Gasteiger partial charge in [-0.3, -0.25) is 5.41 Å². The molecule has 0 aromatic heterocycles. The molecule has 0 saturated carbocycles. The van der Waals surface area contributed by atoms with Gasteiger partial charge in [0, 0.05) is 10.6 Å². The summed E-state index contributed by atoms with van der Waals surface area (Å²) in [5.74, 6) is -2.25. The Labute approximate surface area is 197 Å². The van der Waals surface area contributed by atoms with Crippen molar-refractivity contribution in [2.75, 3.05) is 6.61 Å². The fraction of sp³-hybridized carbons (Fsp3) is 0.360. The summed E-state index contributed by atoms with van der Waals surface area (Å²) in [5, 5.41) is 40.0. The van der Waals surface area contributed by atoms with Crippen molar-refractivity contribution in [1.82, 2.24) is 0 Å². The Kier molecular flexibility index (Phi) is 5.54. The van der Waals surface area contributed by atoms with Crippen LogP contribution in [0.15, 0.2) is 48.5 Å². The van der Waals surface area contributed by atoms with Crippen LogP contribution in [0.2, 0.25) is 5.02 Å². The van der Waals surface area contributed by atoms with Gasteiger partial charge in [-0.1, -0.05) is 49.7 Å². The van der Waals surface area contributed by atoms with E-state index in [1.54, 1.807) is 55.5 Å². The van der Waals surface area contributed by atoms with Crippen molar-refractivity contribution in [2.24, 2.45) is 16.7 Å². The van der Waals surface area contributed by atoms with Crippen molar-refractivity contribution in [3.8, 4) is 24.0 Å². The van der Waals surface area contributed by atoms with Crippen LogP contribution in [-0.2, 0) is 15.3 Å². The Balaban J connectivity index is 1.93. The third-order valence-corrected chi connectivity index (χ3v) is 6.79. The van der Waals surface area contributed by atoms with Crippen molar-refractivity contribution in [3.63, 3.8) is 0 Å². The van der Waals surface area contributed by atoms with E-state index >= 15 is 0 Å². The molecule has 4 atom stereocenters. The Morgan fingerprint density at radius 2 is 1.79 bits per heavy atom. The minimum Gasteiger partial charge on any atom is -0.494 e. The molecule has 8 heteroatoms. The lowest BCUT2D eigenvalue weighted by Gasteiger charge is -2.48. The van der Waals surface area contributed by atoms with Crippen LogP contribution in [0.1, 0.15) is 37.5 Å². The molecule has 1 N–H and O–H groups in total. The molecule has 33 heavy (non-hydrogen) atoms. The van der Waals surface area contributed by atoms with E-state index in [9.17, 15) is 15.8 Å². The SMILES string of the molecule is CCCOc1ccc(C2OC3(c4cccc(Cl)c4)OC(=N)C(C#N)(C3C)C2(C#N)C#N)cc1. The quantitative estimate of drug-likeness (QED) is 0.650. The first kappa shape index (κ1) is 22.6. The zero-order chi connectivity index (χ0) is 23.9. The molecule has 2 bridgehead atoms. The predicted molar refractivity (Wildman–Crippen MR) is 119 cm³/mol. The van der Waals surface area contributed by atoms with E-state index in [1.807, 2.05) is 19.1 Å². The minimum atomic E-state index is -2.03. The standard InChI is InChI=1S/C25H21ClN4O3/c1-3-11-31-20-9-7-17(8-10-20)21-23(13-27,14-28)24(15-29)16(2)25(32-21,33-22(24)30)18-5-4-6-19(26)12-18/h4-10,12,16,21,30H,3,11H2,1-2H3. The number of rotatable bonds is 5. The average Bonchev–Trinajstić information content (AvgIpc) is 2.99. The fourth-order valence-corrected chi connectivity index (χ4v) is 5.02. The second-order valence-corrected chi connectivity index (χ2v) is 8.63. The number of fused-ring (bicyclic) bond motifs is 2. The maximum absolute atomic E-state index is 10.4. The minimum absolute atomic E-state index is 0.425. The van der Waals surface area contributed by atoms with Crippen LogP contribution in [0.4, 0.5) is 0 Å². The van der Waals surface area contributed by atoms with Gasteiger partial charge in [0.25, 0.3) is 0 Å². The zero-order valence-electron chi connectivity index (χ0n) is 18.1. The number of hydrogen-bond acceptors (Lipinski definition) is 7. The molecule has 2 fully saturated rings. The largest absolute Gasteiger partial charge is 0.494 e. The molecule has 0 radical (unpaired) electrons. The van der Waals surface area contributed by atoms with Crippen molar-refractivity contribution in [3.05, 3.63) is 64.7 Å². The van der Waals surface area contributed by atoms with Gasteiger partial charge in [0.1, 0.15) is 11.9 Å². The van der Waals surface area contributed by atoms with E-state index < -0.39 is 34.5 Å². The summed E-state index contributed by atoms with van der Waals surface area (Å²) >= 11 is 6.22. The average molecular weight is 461 g/mol. The van der Waals surface area contributed by atoms with E-state index in [0.29, 0.717) is 28.5 Å². The maximum Gasteiger partial charge on any atom is 0.244 e. The summed E-state index contributed by atoms with van der Waals surface area (Å²) in [5.41, 5.74) is -2.89. The highest BCUT2D eigenvalue weighted by Gasteiger charge is 2.79. The molecule has 2 aliphatic rings. The summed E-state index contributed by atoms with van der Waals surface area (Å²) < 4.78 is 18.1. The molecule has 0 amide bonds. The van der Waals surface area contributed by atoms with Gasteiger partial charge in [-0.25, -0.2) is 0 Å². The van der Waals surface area contributed by atoms with Gasteiger partial charge in [0.2, 0.25) is 17.1 Å². The molecular weight excluding hydrogens is 440 g/mol. The number of nitrogens with zero attached hydrogens (tertiary/aromatic N) is 3. The number of hydrogen-bond donors (Lipinski definition) is 1. The normalized spacial score (nSPS) is 29.3. The highest BCUT2D eigenvalue weighted by molar-refractivity contribution is 6.30. The number of nitriles is 3. The first-order chi connectivity index (χ1) is 15.8. The van der Waals surface area contributed by atoms with E-state index in [0.717, 1.165) is 6.42 Å². The molecule has 2 aliphatic heterocycles. The lowest BCUT2D eigenvalue weighted by molar-refractivity contribution is -0.288. The van der Waals surface area contributed by atoms with Crippen LogP contribution >= 0.6 is 11.6 Å². The third kappa shape index (κ3) is 2.92. The van der Waals surface area contributed by atoms with Gasteiger partial charge in [-0.2, -0.15) is 15.8 Å². The molecule has 2 aromatic rings. The summed E-state index contributed by atoms with van der Waals surface area (Å²) in [6.07, 6.45) is -0.325. The summed E-state index contributed by atoms with van der Waals surface area (Å²) in [6, 6.07) is 19.8. The first-order valence-corrected chi connectivity index (χ1v) is 10.9. The second kappa shape index (κ2) is 8.09. The van der Waals surface area contributed by atoms with Crippen LogP contribution in [0.3, 0.4) is 0 Å². The van der Waals surface area contributed by atoms with Crippen molar-refractivity contribution < 1.29 is 14.2 Å². The van der Waals surface area contributed by atoms with Gasteiger partial charge >= 0.3 is 0 Å². The topological polar surface area (TPSA) is 123 Å². The van der Waals surface area contributed by atoms with Gasteiger partial charge in [-0.05, 0) is 36.2 Å². The van der Waals surface area contributed by atoms with Crippen molar-refractivity contribution >= 4 is 17.5 Å². The van der Waals surface area contributed by atoms with Crippen LogP contribution in [0.25, 0.3) is 0 Å². The molecule has 4 unspecified atom stereocenters. The number of nitrogens with one attached hydrogen (secondary N) is 1. The van der Waals surface area contributed by atoms with Crippen molar-refractivity contribution in [2.45, 2.75) is 32.2 Å². The van der Waals surface area contributed by atoms with Crippen LogP contribution in [0, 0.1) is 56.2 Å². The highest BCUT2D eigenvalue weighted by Crippen LogP contribution is 2.69. The van der Waals surface area contributed by atoms with Crippen LogP contribution in [-0.4, -0.2) is 12.5 Å². The number of ether oxygens (including phenoxy) is 3. The Bertz CT molecular complexity index is 1210. The molecule has 7 nitrogen and oxygen atoms in total.